The van der Waals surface area contributed by atoms with Crippen LogP contribution in [0.5, 0.6) is 0 Å². The zero-order valence-corrected chi connectivity index (χ0v) is 18.9. The van der Waals surface area contributed by atoms with Crippen LogP contribution in [0.2, 0.25) is 0 Å². The summed E-state index contributed by atoms with van der Waals surface area (Å²) in [6.07, 6.45) is 5.30. The molecule has 3 fully saturated rings. The van der Waals surface area contributed by atoms with Crippen molar-refractivity contribution in [2.24, 2.45) is 11.8 Å². The van der Waals surface area contributed by atoms with Crippen molar-refractivity contribution in [1.29, 1.82) is 0 Å². The van der Waals surface area contributed by atoms with Gasteiger partial charge in [0.2, 0.25) is 11.8 Å². The molecule has 6 atom stereocenters. The number of carbonyl (C=O) groups is 3. The monoisotopic (exact) mass is 436 g/mol. The molecule has 0 aromatic heterocycles. The molecule has 8 heteroatoms. The third-order valence-electron chi connectivity index (χ3n) is 6.96. The first-order valence-corrected chi connectivity index (χ1v) is 11.5. The molecule has 1 N–H and O–H groups in total. The van der Waals surface area contributed by atoms with Gasteiger partial charge in [-0.2, -0.15) is 0 Å². The Balaban J connectivity index is 1.98. The number of aliphatic hydroxyl groups is 1. The molecule has 3 saturated heterocycles. The lowest BCUT2D eigenvalue weighted by Crippen LogP contribution is -2.58. The van der Waals surface area contributed by atoms with E-state index in [1.165, 1.54) is 4.90 Å². The molecule has 174 valence electrons. The number of aliphatic hydroxyl groups excluding tert-OH is 1. The number of rotatable bonds is 11. The number of nitrogens with zero attached hydrogens (tertiary/aromatic N) is 2. The Hall–Kier alpha value is -1.93. The minimum atomic E-state index is -1.05. The number of fused-ring (bicyclic) bond motifs is 1. The van der Waals surface area contributed by atoms with Gasteiger partial charge < -0.3 is 24.4 Å². The molecule has 3 aliphatic heterocycles. The van der Waals surface area contributed by atoms with Crippen LogP contribution in [-0.2, 0) is 23.9 Å². The van der Waals surface area contributed by atoms with Gasteiger partial charge in [0.1, 0.15) is 11.6 Å². The van der Waals surface area contributed by atoms with Gasteiger partial charge in [-0.3, -0.25) is 14.4 Å². The molecule has 2 amide bonds. The lowest BCUT2D eigenvalue weighted by atomic mass is 9.70. The summed E-state index contributed by atoms with van der Waals surface area (Å²) >= 11 is 0. The van der Waals surface area contributed by atoms with Crippen molar-refractivity contribution in [3.05, 3.63) is 12.7 Å². The Morgan fingerprint density at radius 2 is 2.16 bits per heavy atom. The van der Waals surface area contributed by atoms with E-state index in [-0.39, 0.29) is 25.0 Å². The standard InChI is InChI=1S/C23H36N2O6/c1-5-8-9-13-24(12-6-2)21(28)19-23-11-10-16(31-23)17(22(29)30-7-3)18(23)20(27)25(19)15(4)14-26/h6,15-19,26H,2,5,7-14H2,1,3-4H3/t15-,16+,17-,18+,19?,23?/m1/s1. The quantitative estimate of drug-likeness (QED) is 0.300. The zero-order valence-electron chi connectivity index (χ0n) is 18.9. The molecule has 0 aromatic carbocycles. The zero-order chi connectivity index (χ0) is 22.8. The minimum absolute atomic E-state index is 0.197. The van der Waals surface area contributed by atoms with Gasteiger partial charge in [-0.15, -0.1) is 6.58 Å². The van der Waals surface area contributed by atoms with Gasteiger partial charge in [0.05, 0.1) is 37.2 Å². The second kappa shape index (κ2) is 9.69. The molecule has 3 aliphatic rings. The predicted molar refractivity (Wildman–Crippen MR) is 114 cm³/mol. The third kappa shape index (κ3) is 3.89. The maximum absolute atomic E-state index is 13.8. The topological polar surface area (TPSA) is 96.4 Å². The highest BCUT2D eigenvalue weighted by Gasteiger charge is 2.75. The van der Waals surface area contributed by atoms with Crippen molar-refractivity contribution in [2.75, 3.05) is 26.3 Å². The largest absolute Gasteiger partial charge is 0.466 e. The summed E-state index contributed by atoms with van der Waals surface area (Å²) in [6, 6.07) is -1.42. The van der Waals surface area contributed by atoms with Crippen LogP contribution in [0.3, 0.4) is 0 Å². The lowest BCUT2D eigenvalue weighted by Gasteiger charge is -2.38. The van der Waals surface area contributed by atoms with Crippen LogP contribution in [0.4, 0.5) is 0 Å². The molecule has 0 aliphatic carbocycles. The number of hydrogen-bond acceptors (Lipinski definition) is 6. The molecule has 0 saturated carbocycles. The second-order valence-electron chi connectivity index (χ2n) is 8.87. The van der Waals surface area contributed by atoms with E-state index in [1.807, 2.05) is 0 Å². The van der Waals surface area contributed by atoms with E-state index in [9.17, 15) is 19.5 Å². The van der Waals surface area contributed by atoms with Crippen molar-refractivity contribution < 1.29 is 29.0 Å². The number of ether oxygens (including phenoxy) is 2. The molecular weight excluding hydrogens is 400 g/mol. The van der Waals surface area contributed by atoms with Gasteiger partial charge in [0.25, 0.3) is 0 Å². The fourth-order valence-electron chi connectivity index (χ4n) is 5.61. The second-order valence-corrected chi connectivity index (χ2v) is 8.87. The Labute approximate surface area is 184 Å². The summed E-state index contributed by atoms with van der Waals surface area (Å²) in [5, 5.41) is 9.85. The molecule has 2 unspecified atom stereocenters. The smallest absolute Gasteiger partial charge is 0.312 e. The summed E-state index contributed by atoms with van der Waals surface area (Å²) in [6.45, 7) is 10.2. The maximum atomic E-state index is 13.8. The van der Waals surface area contributed by atoms with Crippen LogP contribution in [0, 0.1) is 11.8 Å². The van der Waals surface area contributed by atoms with Crippen LogP contribution >= 0.6 is 0 Å². The number of hydrogen-bond donors (Lipinski definition) is 1. The first-order valence-electron chi connectivity index (χ1n) is 11.5. The van der Waals surface area contributed by atoms with Crippen molar-refractivity contribution in [1.82, 2.24) is 9.80 Å². The number of likely N-dealkylation sites (tertiary alicyclic amines) is 1. The summed E-state index contributed by atoms with van der Waals surface area (Å²) < 4.78 is 11.6. The molecule has 3 rings (SSSR count). The van der Waals surface area contributed by atoms with Gasteiger partial charge in [0.15, 0.2) is 0 Å². The number of amides is 2. The van der Waals surface area contributed by atoms with Gasteiger partial charge in [-0.1, -0.05) is 25.8 Å². The molecule has 1 spiro atoms. The number of carbonyl (C=O) groups excluding carboxylic acids is 3. The summed E-state index contributed by atoms with van der Waals surface area (Å²) in [5.41, 5.74) is -1.05. The van der Waals surface area contributed by atoms with Gasteiger partial charge in [0, 0.05) is 13.1 Å². The third-order valence-corrected chi connectivity index (χ3v) is 6.96. The predicted octanol–water partition coefficient (Wildman–Crippen LogP) is 1.51. The highest BCUT2D eigenvalue weighted by molar-refractivity contribution is 5.98. The average Bonchev–Trinajstić information content (AvgIpc) is 3.39. The number of unbranched alkanes of at least 4 members (excludes halogenated alkanes) is 2. The molecule has 31 heavy (non-hydrogen) atoms. The van der Waals surface area contributed by atoms with E-state index in [0.717, 1.165) is 19.3 Å². The maximum Gasteiger partial charge on any atom is 0.312 e. The van der Waals surface area contributed by atoms with Crippen LogP contribution in [0.25, 0.3) is 0 Å². The Morgan fingerprint density at radius 3 is 2.77 bits per heavy atom. The lowest BCUT2D eigenvalue weighted by molar-refractivity contribution is -0.156. The van der Waals surface area contributed by atoms with Crippen molar-refractivity contribution >= 4 is 17.8 Å². The Kier molecular flexibility index (Phi) is 7.42. The van der Waals surface area contributed by atoms with Crippen molar-refractivity contribution in [3.8, 4) is 0 Å². The van der Waals surface area contributed by atoms with E-state index < -0.39 is 41.6 Å². The van der Waals surface area contributed by atoms with Gasteiger partial charge in [-0.25, -0.2) is 0 Å². The Bertz CT molecular complexity index is 712. The summed E-state index contributed by atoms with van der Waals surface area (Å²) in [4.78, 5) is 43.3. The van der Waals surface area contributed by atoms with E-state index >= 15 is 0 Å². The van der Waals surface area contributed by atoms with E-state index in [1.54, 1.807) is 24.8 Å². The molecule has 3 heterocycles. The summed E-state index contributed by atoms with van der Waals surface area (Å²) in [5.74, 6) is -2.40. The van der Waals surface area contributed by atoms with E-state index in [0.29, 0.717) is 25.9 Å². The van der Waals surface area contributed by atoms with Crippen molar-refractivity contribution in [3.63, 3.8) is 0 Å². The van der Waals surface area contributed by atoms with E-state index in [4.69, 9.17) is 9.47 Å². The molecule has 0 radical (unpaired) electrons. The molecular formula is C23H36N2O6. The van der Waals surface area contributed by atoms with E-state index in [2.05, 4.69) is 13.5 Å². The highest BCUT2D eigenvalue weighted by atomic mass is 16.6. The first kappa shape index (κ1) is 23.7. The first-order chi connectivity index (χ1) is 14.9. The number of esters is 1. The average molecular weight is 437 g/mol. The van der Waals surface area contributed by atoms with Crippen LogP contribution in [-0.4, -0.2) is 82.8 Å². The van der Waals surface area contributed by atoms with Crippen LogP contribution < -0.4 is 0 Å². The summed E-state index contributed by atoms with van der Waals surface area (Å²) in [7, 11) is 0. The minimum Gasteiger partial charge on any atom is -0.466 e. The Morgan fingerprint density at radius 1 is 1.42 bits per heavy atom. The van der Waals surface area contributed by atoms with Gasteiger partial charge in [-0.05, 0) is 33.1 Å². The van der Waals surface area contributed by atoms with Crippen LogP contribution in [0.1, 0.15) is 52.9 Å². The highest BCUT2D eigenvalue weighted by Crippen LogP contribution is 2.59. The fourth-order valence-corrected chi connectivity index (χ4v) is 5.61. The van der Waals surface area contributed by atoms with Gasteiger partial charge >= 0.3 is 5.97 Å². The normalized spacial score (nSPS) is 32.1. The van der Waals surface area contributed by atoms with Crippen molar-refractivity contribution in [2.45, 2.75) is 76.7 Å². The SMILES string of the molecule is C=CCN(CCCCC)C(=O)C1N([C@H](C)CO)C(=O)[C@@H]2[C@H](C(=O)OCC)[C@@H]3CCC12O3. The molecule has 2 bridgehead atoms. The molecule has 0 aromatic rings. The molecule has 8 nitrogen and oxygen atoms in total. The fraction of sp³-hybridized carbons (Fsp3) is 0.783. The van der Waals surface area contributed by atoms with Crippen LogP contribution in [0.15, 0.2) is 12.7 Å².